The maximum Gasteiger partial charge on any atom is 0.158 e. The lowest BCUT2D eigenvalue weighted by molar-refractivity contribution is 0.373. The number of hydrogen-bond donors (Lipinski definition) is 2. The first-order chi connectivity index (χ1) is 11.7. The molecule has 0 bridgehead atoms. The van der Waals surface area contributed by atoms with Crippen LogP contribution in [0.2, 0.25) is 0 Å². The lowest BCUT2D eigenvalue weighted by Crippen LogP contribution is -2.17. The monoisotopic (exact) mass is 387 g/mol. The van der Waals surface area contributed by atoms with Gasteiger partial charge in [-0.05, 0) is 34.7 Å². The van der Waals surface area contributed by atoms with Crippen LogP contribution in [0.15, 0.2) is 23.1 Å². The molecule has 124 valence electrons. The van der Waals surface area contributed by atoms with Gasteiger partial charge in [0.2, 0.25) is 0 Å². The highest BCUT2D eigenvalue weighted by Gasteiger charge is 2.14. The summed E-state index contributed by atoms with van der Waals surface area (Å²) in [6.45, 7) is 0.945. The Bertz CT molecular complexity index is 720. The van der Waals surface area contributed by atoms with Gasteiger partial charge in [-0.2, -0.15) is 5.26 Å². The van der Waals surface area contributed by atoms with E-state index >= 15 is 0 Å². The third kappa shape index (κ3) is 4.38. The van der Waals surface area contributed by atoms with E-state index in [9.17, 15) is 0 Å². The third-order valence-corrected chi connectivity index (χ3v) is 4.66. The Morgan fingerprint density at radius 2 is 1.96 bits per heavy atom. The van der Waals surface area contributed by atoms with Crippen LogP contribution in [0.3, 0.4) is 0 Å². The maximum atomic E-state index is 8.74. The highest BCUT2D eigenvalue weighted by molar-refractivity contribution is 9.10. The molecule has 0 atom stereocenters. The smallest absolute Gasteiger partial charge is 0.158 e. The zero-order chi connectivity index (χ0) is 16.8. The van der Waals surface area contributed by atoms with Gasteiger partial charge in [0.15, 0.2) is 16.1 Å². The van der Waals surface area contributed by atoms with Crippen LogP contribution >= 0.6 is 15.9 Å². The molecule has 8 heteroatoms. The van der Waals surface area contributed by atoms with Crippen LogP contribution in [0.5, 0.6) is 0 Å². The normalized spacial score (nSPS) is 14.8. The Labute approximate surface area is 149 Å². The number of rotatable bonds is 5. The molecule has 0 spiro atoms. The molecule has 0 radical (unpaired) electrons. The first-order valence-corrected chi connectivity index (χ1v) is 8.80. The fourth-order valence-electron chi connectivity index (χ4n) is 2.79. The SMILES string of the molecule is N#Cc1cnc(Nc2cc(NCC3CCCCC3)c(Br)nn2)cn1. The number of nitrogens with zero attached hydrogens (tertiary/aromatic N) is 5. The highest BCUT2D eigenvalue weighted by atomic mass is 79.9. The van der Waals surface area contributed by atoms with Crippen molar-refractivity contribution in [2.24, 2.45) is 5.92 Å². The molecule has 0 aromatic carbocycles. The van der Waals surface area contributed by atoms with E-state index in [0.29, 0.717) is 16.2 Å². The molecule has 7 nitrogen and oxygen atoms in total. The molecule has 3 rings (SSSR count). The van der Waals surface area contributed by atoms with E-state index in [1.807, 2.05) is 12.1 Å². The summed E-state index contributed by atoms with van der Waals surface area (Å²) in [5, 5.41) is 23.4. The second kappa shape index (κ2) is 8.02. The quantitative estimate of drug-likeness (QED) is 0.807. The first kappa shape index (κ1) is 16.6. The van der Waals surface area contributed by atoms with Gasteiger partial charge in [-0.1, -0.05) is 19.3 Å². The zero-order valence-corrected chi connectivity index (χ0v) is 14.8. The van der Waals surface area contributed by atoms with E-state index in [1.54, 1.807) is 0 Å². The summed E-state index contributed by atoms with van der Waals surface area (Å²) in [5.41, 5.74) is 1.18. The highest BCUT2D eigenvalue weighted by Crippen LogP contribution is 2.27. The van der Waals surface area contributed by atoms with Gasteiger partial charge in [0.05, 0.1) is 18.1 Å². The van der Waals surface area contributed by atoms with Crippen molar-refractivity contribution < 1.29 is 0 Å². The molecular formula is C16H18BrN7. The maximum absolute atomic E-state index is 8.74. The fourth-order valence-corrected chi connectivity index (χ4v) is 3.12. The van der Waals surface area contributed by atoms with Crippen LogP contribution in [0, 0.1) is 17.2 Å². The van der Waals surface area contributed by atoms with E-state index < -0.39 is 0 Å². The summed E-state index contributed by atoms with van der Waals surface area (Å²) >= 11 is 3.43. The summed E-state index contributed by atoms with van der Waals surface area (Å²) < 4.78 is 0.690. The first-order valence-electron chi connectivity index (χ1n) is 8.01. The van der Waals surface area contributed by atoms with Crippen LogP contribution < -0.4 is 10.6 Å². The average Bonchev–Trinajstić information content (AvgIpc) is 2.63. The van der Waals surface area contributed by atoms with Crippen molar-refractivity contribution in [1.82, 2.24) is 20.2 Å². The Kier molecular flexibility index (Phi) is 5.54. The molecule has 1 saturated carbocycles. The van der Waals surface area contributed by atoms with E-state index in [1.165, 1.54) is 44.5 Å². The van der Waals surface area contributed by atoms with Crippen LogP contribution in [-0.2, 0) is 0 Å². The minimum absolute atomic E-state index is 0.275. The van der Waals surface area contributed by atoms with Crippen molar-refractivity contribution >= 4 is 33.3 Å². The van der Waals surface area contributed by atoms with Gasteiger partial charge in [0.25, 0.3) is 0 Å². The molecular weight excluding hydrogens is 370 g/mol. The molecule has 0 saturated heterocycles. The van der Waals surface area contributed by atoms with Crippen LogP contribution in [0.25, 0.3) is 0 Å². The van der Waals surface area contributed by atoms with Crippen molar-refractivity contribution in [3.8, 4) is 6.07 Å². The van der Waals surface area contributed by atoms with Crippen molar-refractivity contribution in [3.63, 3.8) is 0 Å². The molecule has 0 amide bonds. The lowest BCUT2D eigenvalue weighted by Gasteiger charge is -2.22. The molecule has 2 aromatic heterocycles. The van der Waals surface area contributed by atoms with E-state index in [4.69, 9.17) is 5.26 Å². The topological polar surface area (TPSA) is 99.4 Å². The van der Waals surface area contributed by atoms with Crippen LogP contribution in [0.4, 0.5) is 17.3 Å². The number of halogens is 1. The number of nitriles is 1. The molecule has 1 aliphatic rings. The summed E-state index contributed by atoms with van der Waals surface area (Å²) in [5.74, 6) is 1.81. The molecule has 2 N–H and O–H groups in total. The minimum Gasteiger partial charge on any atom is -0.382 e. The van der Waals surface area contributed by atoms with Crippen molar-refractivity contribution in [2.45, 2.75) is 32.1 Å². The predicted octanol–water partition coefficient (Wildman–Crippen LogP) is 3.64. The van der Waals surface area contributed by atoms with Gasteiger partial charge < -0.3 is 10.6 Å². The van der Waals surface area contributed by atoms with E-state index in [-0.39, 0.29) is 5.69 Å². The Hall–Kier alpha value is -2.27. The van der Waals surface area contributed by atoms with E-state index in [0.717, 1.165) is 18.2 Å². The Morgan fingerprint density at radius 1 is 1.12 bits per heavy atom. The van der Waals surface area contributed by atoms with Crippen LogP contribution in [0.1, 0.15) is 37.8 Å². The summed E-state index contributed by atoms with van der Waals surface area (Å²) in [6.07, 6.45) is 9.49. The number of nitrogens with one attached hydrogen (secondary N) is 2. The Morgan fingerprint density at radius 3 is 2.67 bits per heavy atom. The van der Waals surface area contributed by atoms with Gasteiger partial charge in [-0.3, -0.25) is 0 Å². The number of aromatic nitrogens is 4. The second-order valence-electron chi connectivity index (χ2n) is 5.84. The van der Waals surface area contributed by atoms with Gasteiger partial charge in [-0.15, -0.1) is 10.2 Å². The van der Waals surface area contributed by atoms with Gasteiger partial charge in [0, 0.05) is 12.6 Å². The van der Waals surface area contributed by atoms with Crippen molar-refractivity contribution in [1.29, 1.82) is 5.26 Å². The van der Waals surface area contributed by atoms with Crippen LogP contribution in [-0.4, -0.2) is 26.7 Å². The molecule has 2 aromatic rings. The third-order valence-electron chi connectivity index (χ3n) is 4.08. The van der Waals surface area contributed by atoms with Crippen molar-refractivity contribution in [2.75, 3.05) is 17.2 Å². The fraction of sp³-hybridized carbons (Fsp3) is 0.438. The summed E-state index contributed by atoms with van der Waals surface area (Å²) in [4.78, 5) is 8.09. The zero-order valence-electron chi connectivity index (χ0n) is 13.2. The summed E-state index contributed by atoms with van der Waals surface area (Å²) in [7, 11) is 0. The largest absolute Gasteiger partial charge is 0.382 e. The van der Waals surface area contributed by atoms with Gasteiger partial charge >= 0.3 is 0 Å². The molecule has 2 heterocycles. The predicted molar refractivity (Wildman–Crippen MR) is 94.8 cm³/mol. The molecule has 0 aliphatic heterocycles. The van der Waals surface area contributed by atoms with Gasteiger partial charge in [-0.25, -0.2) is 9.97 Å². The minimum atomic E-state index is 0.275. The lowest BCUT2D eigenvalue weighted by atomic mass is 9.89. The number of anilines is 3. The summed E-state index contributed by atoms with van der Waals surface area (Å²) in [6, 6.07) is 3.83. The van der Waals surface area contributed by atoms with Crippen molar-refractivity contribution in [3.05, 3.63) is 28.8 Å². The van der Waals surface area contributed by atoms with E-state index in [2.05, 4.69) is 46.7 Å². The molecule has 1 fully saturated rings. The molecule has 1 aliphatic carbocycles. The molecule has 24 heavy (non-hydrogen) atoms. The average molecular weight is 388 g/mol. The van der Waals surface area contributed by atoms with Gasteiger partial charge in [0.1, 0.15) is 11.9 Å². The second-order valence-corrected chi connectivity index (χ2v) is 6.59. The molecule has 0 unspecified atom stereocenters. The number of hydrogen-bond acceptors (Lipinski definition) is 7. The standard InChI is InChI=1S/C16H18BrN7/c17-16-13(20-8-11-4-2-1-3-5-11)6-14(23-24-16)22-15-10-19-12(7-18)9-21-15/h6,9-11H,1-5,8H2,(H2,20,21,22,23). The Balaban J connectivity index is 1.65.